The minimum atomic E-state index is -0.967. The number of hydrogen-bond acceptors (Lipinski definition) is 9. The minimum absolute atomic E-state index is 0.0130. The molecule has 12 nitrogen and oxygen atoms in total. The number of carbonyl (C=O) groups excluding carboxylic acids is 4. The molecule has 12 heteroatoms. The standard InChI is InChI=1S/C38H41N5O7/c1-23-18-25(16-17-39-23)32-26-20-29-30(21-27(26)43(40-32)35(47)50-38(8,9)10)42(34(46)49-37(5,6)7)31(22-44)28(19-24-14-12-11-13-15-24)41(29)33(45)48-36(2,3)4/h11-21H,1-10H3/b28-19+. The molecule has 0 saturated heterocycles. The molecule has 2 aromatic heterocycles. The molecule has 2 amide bonds. The minimum Gasteiger partial charge on any atom is -0.443 e. The maximum absolute atomic E-state index is 14.2. The zero-order chi connectivity index (χ0) is 36.8. The summed E-state index contributed by atoms with van der Waals surface area (Å²) in [6.45, 7) is 17.3. The summed E-state index contributed by atoms with van der Waals surface area (Å²) in [6, 6.07) is 15.7. The Morgan fingerprint density at radius 1 is 0.740 bits per heavy atom. The van der Waals surface area contributed by atoms with Gasteiger partial charge >= 0.3 is 18.3 Å². The molecule has 0 aliphatic carbocycles. The highest BCUT2D eigenvalue weighted by Crippen LogP contribution is 2.47. The van der Waals surface area contributed by atoms with E-state index in [1.807, 2.05) is 25.0 Å². The van der Waals surface area contributed by atoms with E-state index in [1.54, 1.807) is 111 Å². The Morgan fingerprint density at radius 3 is 1.86 bits per heavy atom. The van der Waals surface area contributed by atoms with Crippen molar-refractivity contribution in [3.63, 3.8) is 0 Å². The lowest BCUT2D eigenvalue weighted by molar-refractivity contribution is 0.0521. The molecule has 0 fully saturated rings. The van der Waals surface area contributed by atoms with Gasteiger partial charge in [-0.1, -0.05) is 30.3 Å². The molecule has 0 spiro atoms. The molecule has 2 aromatic carbocycles. The molecule has 3 heterocycles. The van der Waals surface area contributed by atoms with E-state index in [4.69, 9.17) is 14.2 Å². The van der Waals surface area contributed by atoms with Crippen LogP contribution >= 0.6 is 0 Å². The Balaban J connectivity index is 1.92. The average molecular weight is 680 g/mol. The van der Waals surface area contributed by atoms with E-state index in [0.29, 0.717) is 27.9 Å². The third-order valence-electron chi connectivity index (χ3n) is 7.05. The summed E-state index contributed by atoms with van der Waals surface area (Å²) < 4.78 is 18.5. The number of aryl methyl sites for hydroxylation is 1. The molecule has 0 atom stereocenters. The van der Waals surface area contributed by atoms with Crippen molar-refractivity contribution < 1.29 is 33.4 Å². The summed E-state index contributed by atoms with van der Waals surface area (Å²) in [7, 11) is 0. The van der Waals surface area contributed by atoms with Crippen molar-refractivity contribution in [3.05, 3.63) is 83.4 Å². The van der Waals surface area contributed by atoms with E-state index in [-0.39, 0.29) is 28.3 Å². The van der Waals surface area contributed by atoms with Gasteiger partial charge in [-0.25, -0.2) is 29.0 Å². The first-order valence-corrected chi connectivity index (χ1v) is 16.1. The van der Waals surface area contributed by atoms with Gasteiger partial charge in [0.15, 0.2) is 11.6 Å². The van der Waals surface area contributed by atoms with Crippen molar-refractivity contribution in [2.24, 2.45) is 0 Å². The first kappa shape index (κ1) is 35.6. The number of nitrogens with zero attached hydrogens (tertiary/aromatic N) is 5. The van der Waals surface area contributed by atoms with E-state index >= 15 is 0 Å². The van der Waals surface area contributed by atoms with Crippen LogP contribution < -0.4 is 9.80 Å². The van der Waals surface area contributed by atoms with Gasteiger partial charge in [-0.05, 0) is 105 Å². The number of pyridine rings is 1. The van der Waals surface area contributed by atoms with Crippen LogP contribution in [0.1, 0.15) is 73.6 Å². The lowest BCUT2D eigenvalue weighted by atomic mass is 10.0. The van der Waals surface area contributed by atoms with Gasteiger partial charge in [-0.15, -0.1) is 0 Å². The number of aromatic nitrogens is 3. The smallest absolute Gasteiger partial charge is 0.435 e. The summed E-state index contributed by atoms with van der Waals surface area (Å²) in [4.78, 5) is 61.5. The monoisotopic (exact) mass is 679 g/mol. The van der Waals surface area contributed by atoms with Gasteiger partial charge in [0.2, 0.25) is 0 Å². The van der Waals surface area contributed by atoms with Crippen LogP contribution in [-0.4, -0.2) is 55.8 Å². The number of amides is 2. The van der Waals surface area contributed by atoms with Crippen LogP contribution in [0.3, 0.4) is 0 Å². The quantitative estimate of drug-likeness (QED) is 0.151. The van der Waals surface area contributed by atoms with Crippen LogP contribution in [0.25, 0.3) is 28.2 Å². The first-order chi connectivity index (χ1) is 23.3. The normalized spacial score (nSPS) is 14.4. The maximum atomic E-state index is 14.2. The lowest BCUT2D eigenvalue weighted by Crippen LogP contribution is -2.46. The molecule has 1 aliphatic heterocycles. The maximum Gasteiger partial charge on any atom is 0.435 e. The van der Waals surface area contributed by atoms with Crippen molar-refractivity contribution in [2.45, 2.75) is 86.0 Å². The van der Waals surface area contributed by atoms with Crippen molar-refractivity contribution in [3.8, 4) is 11.3 Å². The van der Waals surface area contributed by atoms with Crippen LogP contribution in [0, 0.1) is 6.92 Å². The summed E-state index contributed by atoms with van der Waals surface area (Å²) in [6.07, 6.45) is 0.705. The summed E-state index contributed by atoms with van der Waals surface area (Å²) in [5.74, 6) is 1.89. The van der Waals surface area contributed by atoms with E-state index in [1.165, 1.54) is 11.0 Å². The molecule has 260 valence electrons. The lowest BCUT2D eigenvalue weighted by Gasteiger charge is -2.39. The van der Waals surface area contributed by atoms with E-state index in [9.17, 15) is 19.2 Å². The summed E-state index contributed by atoms with van der Waals surface area (Å²) >= 11 is 0. The van der Waals surface area contributed by atoms with Crippen LogP contribution in [0.15, 0.2) is 72.2 Å². The molecule has 0 saturated carbocycles. The van der Waals surface area contributed by atoms with Gasteiger partial charge < -0.3 is 14.2 Å². The third-order valence-corrected chi connectivity index (χ3v) is 7.05. The second-order valence-corrected chi connectivity index (χ2v) is 14.8. The third kappa shape index (κ3) is 7.61. The largest absolute Gasteiger partial charge is 0.443 e. The number of rotatable bonds is 2. The molecule has 0 radical (unpaired) electrons. The average Bonchev–Trinajstić information content (AvgIpc) is 3.36. The summed E-state index contributed by atoms with van der Waals surface area (Å²) in [5, 5.41) is 5.13. The first-order valence-electron chi connectivity index (χ1n) is 16.1. The molecule has 50 heavy (non-hydrogen) atoms. The fourth-order valence-corrected chi connectivity index (χ4v) is 5.26. The van der Waals surface area contributed by atoms with E-state index < -0.39 is 35.1 Å². The highest BCUT2D eigenvalue weighted by atomic mass is 16.6. The number of hydrogen-bond donors (Lipinski definition) is 0. The Morgan fingerprint density at radius 2 is 1.30 bits per heavy atom. The van der Waals surface area contributed by atoms with Gasteiger partial charge in [0.1, 0.15) is 22.5 Å². The van der Waals surface area contributed by atoms with Gasteiger partial charge in [-0.2, -0.15) is 9.78 Å². The predicted octanol–water partition coefficient (Wildman–Crippen LogP) is 8.44. The van der Waals surface area contributed by atoms with Gasteiger partial charge in [0.25, 0.3) is 0 Å². The molecule has 0 unspecified atom stereocenters. The molecule has 0 N–H and O–H groups in total. The molecule has 5 rings (SSSR count). The number of ether oxygens (including phenoxy) is 3. The SMILES string of the molecule is Cc1cc(-c2nn(C(=O)OC(C)(C)C)c3cc4c(cc23)N(C(=O)OC(C)(C)C)/C(=C/c2ccccc2)C(=C=O)N4C(=O)OC(C)(C)C)ccn1. The fourth-order valence-electron chi connectivity index (χ4n) is 5.26. The topological polar surface area (TPSA) is 133 Å². The van der Waals surface area contributed by atoms with Gasteiger partial charge in [0.05, 0.1) is 22.6 Å². The van der Waals surface area contributed by atoms with Crippen LogP contribution in [-0.2, 0) is 19.0 Å². The van der Waals surface area contributed by atoms with Crippen molar-refractivity contribution in [1.82, 2.24) is 14.8 Å². The Hall–Kier alpha value is -5.74. The zero-order valence-corrected chi connectivity index (χ0v) is 29.9. The second-order valence-electron chi connectivity index (χ2n) is 14.8. The Labute approximate surface area is 290 Å². The second kappa shape index (κ2) is 12.9. The van der Waals surface area contributed by atoms with Crippen LogP contribution in [0.4, 0.5) is 25.8 Å². The van der Waals surface area contributed by atoms with Gasteiger partial charge in [0, 0.05) is 22.8 Å². The van der Waals surface area contributed by atoms with Crippen LogP contribution in [0.5, 0.6) is 0 Å². The number of benzene rings is 2. The molecule has 0 bridgehead atoms. The number of fused-ring (bicyclic) bond motifs is 2. The molecule has 4 aromatic rings. The Kier molecular flexibility index (Phi) is 9.21. The number of anilines is 2. The summed E-state index contributed by atoms with van der Waals surface area (Å²) in [5.41, 5.74) is -0.257. The zero-order valence-electron chi connectivity index (χ0n) is 29.9. The van der Waals surface area contributed by atoms with Gasteiger partial charge in [-0.3, -0.25) is 4.98 Å². The van der Waals surface area contributed by atoms with E-state index in [2.05, 4.69) is 10.1 Å². The van der Waals surface area contributed by atoms with Crippen molar-refractivity contribution >= 4 is 52.6 Å². The fraction of sp³-hybridized carbons (Fsp3) is 0.342. The molecular formula is C38H41N5O7. The number of carbonyl (C=O) groups is 3. The van der Waals surface area contributed by atoms with Crippen molar-refractivity contribution in [2.75, 3.05) is 9.80 Å². The van der Waals surface area contributed by atoms with Crippen molar-refractivity contribution in [1.29, 1.82) is 0 Å². The van der Waals surface area contributed by atoms with Crippen LogP contribution in [0.2, 0.25) is 0 Å². The molecule has 1 aliphatic rings. The highest BCUT2D eigenvalue weighted by Gasteiger charge is 2.43. The highest BCUT2D eigenvalue weighted by molar-refractivity contribution is 6.14. The van der Waals surface area contributed by atoms with E-state index in [0.717, 1.165) is 9.58 Å². The predicted molar refractivity (Wildman–Crippen MR) is 190 cm³/mol. The molecular weight excluding hydrogens is 638 g/mol. The Bertz CT molecular complexity index is 2070.